The Labute approximate surface area is 200 Å². The number of amidine groups is 1. The van der Waals surface area contributed by atoms with E-state index in [1.807, 2.05) is 37.3 Å². The summed E-state index contributed by atoms with van der Waals surface area (Å²) in [5.41, 5.74) is 4.40. The van der Waals surface area contributed by atoms with Gasteiger partial charge in [-0.2, -0.15) is 0 Å². The molecule has 1 aromatic heterocycles. The summed E-state index contributed by atoms with van der Waals surface area (Å²) < 4.78 is 19.7. The Kier molecular flexibility index (Phi) is 7.16. The number of aryl methyl sites for hydroxylation is 2. The van der Waals surface area contributed by atoms with Gasteiger partial charge in [0, 0.05) is 49.3 Å². The van der Waals surface area contributed by atoms with Crippen molar-refractivity contribution >= 4 is 17.2 Å². The summed E-state index contributed by atoms with van der Waals surface area (Å²) in [7, 11) is 0. The standard InChI is InChI=1S/C28H29FN4O/c1-4-26(32-25-11-6-5-8-19(25)2)33-14-12-23(13-15-33)34-27-16-20(3)24(18-31-27)28(30)21-9-7-10-22(29)17-21/h4-11,16-18,23,30H,1,12-15H2,2-3H3. The summed E-state index contributed by atoms with van der Waals surface area (Å²) in [6.45, 7) is 9.57. The predicted octanol–water partition coefficient (Wildman–Crippen LogP) is 6.01. The van der Waals surface area contributed by atoms with Crippen molar-refractivity contribution < 1.29 is 9.13 Å². The lowest BCUT2D eigenvalue weighted by atomic mass is 10.0. The van der Waals surface area contributed by atoms with Gasteiger partial charge in [-0.1, -0.05) is 36.9 Å². The average Bonchev–Trinajstić information content (AvgIpc) is 2.84. The molecule has 6 heteroatoms. The molecule has 3 aromatic rings. The highest BCUT2D eigenvalue weighted by Crippen LogP contribution is 2.23. The molecule has 0 unspecified atom stereocenters. The van der Waals surface area contributed by atoms with Gasteiger partial charge in [-0.25, -0.2) is 14.4 Å². The van der Waals surface area contributed by atoms with Crippen molar-refractivity contribution in [2.75, 3.05) is 13.1 Å². The molecule has 2 heterocycles. The van der Waals surface area contributed by atoms with Gasteiger partial charge < -0.3 is 9.64 Å². The first-order valence-electron chi connectivity index (χ1n) is 11.4. The molecule has 1 saturated heterocycles. The Morgan fingerprint density at radius 1 is 1.12 bits per heavy atom. The second-order valence-electron chi connectivity index (χ2n) is 8.49. The smallest absolute Gasteiger partial charge is 0.213 e. The lowest BCUT2D eigenvalue weighted by Gasteiger charge is -2.33. The molecular weight excluding hydrogens is 427 g/mol. The Morgan fingerprint density at radius 2 is 1.88 bits per heavy atom. The lowest BCUT2D eigenvalue weighted by Crippen LogP contribution is -2.41. The molecular formula is C28H29FN4O. The van der Waals surface area contributed by atoms with Crippen LogP contribution in [0.15, 0.2) is 78.4 Å². The van der Waals surface area contributed by atoms with Crippen molar-refractivity contribution in [2.45, 2.75) is 32.8 Å². The van der Waals surface area contributed by atoms with Gasteiger partial charge in [0.2, 0.25) is 5.88 Å². The maximum absolute atomic E-state index is 13.5. The maximum atomic E-state index is 13.5. The minimum atomic E-state index is -0.359. The van der Waals surface area contributed by atoms with E-state index in [2.05, 4.69) is 29.5 Å². The number of pyridine rings is 1. The summed E-state index contributed by atoms with van der Waals surface area (Å²) in [6, 6.07) is 16.0. The molecule has 1 fully saturated rings. The second kappa shape index (κ2) is 10.4. The number of likely N-dealkylation sites (tertiary alicyclic amines) is 1. The SMILES string of the molecule is C=CC(=Nc1ccccc1C)N1CCC(Oc2cc(C)c(C(=N)c3cccc(F)c3)cn2)CC1. The van der Waals surface area contributed by atoms with Crippen LogP contribution in [0.3, 0.4) is 0 Å². The number of piperidine rings is 1. The fourth-order valence-corrected chi connectivity index (χ4v) is 4.09. The zero-order valence-corrected chi connectivity index (χ0v) is 19.6. The number of aliphatic imine (C=N–C) groups is 1. The molecule has 0 bridgehead atoms. The molecule has 34 heavy (non-hydrogen) atoms. The van der Waals surface area contributed by atoms with Crippen molar-refractivity contribution in [3.05, 3.63) is 102 Å². The van der Waals surface area contributed by atoms with Crippen molar-refractivity contribution in [1.82, 2.24) is 9.88 Å². The van der Waals surface area contributed by atoms with Gasteiger partial charge >= 0.3 is 0 Å². The van der Waals surface area contributed by atoms with E-state index in [4.69, 9.17) is 15.1 Å². The van der Waals surface area contributed by atoms with Crippen molar-refractivity contribution in [3.63, 3.8) is 0 Å². The van der Waals surface area contributed by atoms with Gasteiger partial charge in [-0.15, -0.1) is 0 Å². The van der Waals surface area contributed by atoms with Gasteiger partial charge in [0.25, 0.3) is 0 Å². The lowest BCUT2D eigenvalue weighted by molar-refractivity contribution is 0.126. The van der Waals surface area contributed by atoms with Crippen molar-refractivity contribution in [2.24, 2.45) is 4.99 Å². The quantitative estimate of drug-likeness (QED) is 0.365. The number of hydrogen-bond donors (Lipinski definition) is 1. The number of ether oxygens (including phenoxy) is 1. The van der Waals surface area contributed by atoms with Gasteiger partial charge in [-0.3, -0.25) is 5.41 Å². The molecule has 0 saturated carbocycles. The number of para-hydroxylation sites is 1. The number of hydrogen-bond acceptors (Lipinski definition) is 4. The van der Waals surface area contributed by atoms with E-state index in [1.165, 1.54) is 12.1 Å². The fourth-order valence-electron chi connectivity index (χ4n) is 4.09. The first-order valence-corrected chi connectivity index (χ1v) is 11.4. The summed E-state index contributed by atoms with van der Waals surface area (Å²) in [6.07, 6.45) is 5.20. The van der Waals surface area contributed by atoms with Gasteiger partial charge in [0.15, 0.2) is 0 Å². The molecule has 5 nitrogen and oxygen atoms in total. The Hall–Kier alpha value is -3.80. The number of rotatable bonds is 6. The number of benzene rings is 2. The molecule has 0 atom stereocenters. The molecule has 0 aliphatic carbocycles. The maximum Gasteiger partial charge on any atom is 0.213 e. The van der Waals surface area contributed by atoms with Crippen molar-refractivity contribution in [1.29, 1.82) is 5.41 Å². The van der Waals surface area contributed by atoms with E-state index >= 15 is 0 Å². The van der Waals surface area contributed by atoms with Gasteiger partial charge in [0.05, 0.1) is 11.4 Å². The minimum Gasteiger partial charge on any atom is -0.474 e. The molecule has 174 valence electrons. The molecule has 0 spiro atoms. The highest BCUT2D eigenvalue weighted by atomic mass is 19.1. The summed E-state index contributed by atoms with van der Waals surface area (Å²) >= 11 is 0. The van der Waals surface area contributed by atoms with Crippen LogP contribution in [0.25, 0.3) is 0 Å². The molecule has 0 radical (unpaired) electrons. The molecule has 0 amide bonds. The number of nitrogens with zero attached hydrogens (tertiary/aromatic N) is 3. The first kappa shape index (κ1) is 23.4. The topological polar surface area (TPSA) is 61.6 Å². The third kappa shape index (κ3) is 5.39. The van der Waals surface area contributed by atoms with Crippen LogP contribution in [0.1, 0.15) is 35.1 Å². The first-order chi connectivity index (χ1) is 16.4. The highest BCUT2D eigenvalue weighted by Gasteiger charge is 2.23. The van der Waals surface area contributed by atoms with E-state index in [1.54, 1.807) is 18.3 Å². The Morgan fingerprint density at radius 3 is 2.56 bits per heavy atom. The third-order valence-corrected chi connectivity index (χ3v) is 6.05. The number of halogens is 1. The zero-order chi connectivity index (χ0) is 24.1. The van der Waals surface area contributed by atoms with Crippen LogP contribution in [0, 0.1) is 25.1 Å². The van der Waals surface area contributed by atoms with Crippen LogP contribution >= 0.6 is 0 Å². The largest absolute Gasteiger partial charge is 0.474 e. The van der Waals surface area contributed by atoms with Crippen LogP contribution in [0.2, 0.25) is 0 Å². The van der Waals surface area contributed by atoms with Crippen LogP contribution < -0.4 is 4.74 Å². The number of nitrogens with one attached hydrogen (secondary N) is 1. The van der Waals surface area contributed by atoms with Crippen LogP contribution in [0.5, 0.6) is 5.88 Å². The molecule has 1 aliphatic heterocycles. The second-order valence-corrected chi connectivity index (χ2v) is 8.49. The average molecular weight is 457 g/mol. The van der Waals surface area contributed by atoms with Crippen LogP contribution in [0.4, 0.5) is 10.1 Å². The molecule has 1 aliphatic rings. The van der Waals surface area contributed by atoms with Gasteiger partial charge in [0.1, 0.15) is 17.8 Å². The van der Waals surface area contributed by atoms with E-state index in [0.29, 0.717) is 17.0 Å². The number of aromatic nitrogens is 1. The van der Waals surface area contributed by atoms with Gasteiger partial charge in [-0.05, 0) is 49.2 Å². The Bertz CT molecular complexity index is 1230. The minimum absolute atomic E-state index is 0.0567. The monoisotopic (exact) mass is 456 g/mol. The fraction of sp³-hybridized carbons (Fsp3) is 0.250. The van der Waals surface area contributed by atoms with E-state index in [-0.39, 0.29) is 17.6 Å². The molecule has 2 aromatic carbocycles. The Balaban J connectivity index is 1.38. The predicted molar refractivity (Wildman–Crippen MR) is 135 cm³/mol. The highest BCUT2D eigenvalue weighted by molar-refractivity contribution is 6.11. The molecule has 1 N–H and O–H groups in total. The normalized spacial score (nSPS) is 14.7. The summed E-state index contributed by atoms with van der Waals surface area (Å²) in [5.74, 6) is 1.06. The van der Waals surface area contributed by atoms with E-state index in [9.17, 15) is 4.39 Å². The van der Waals surface area contributed by atoms with E-state index < -0.39 is 0 Å². The third-order valence-electron chi connectivity index (χ3n) is 6.05. The van der Waals surface area contributed by atoms with E-state index in [0.717, 1.165) is 48.6 Å². The summed E-state index contributed by atoms with van der Waals surface area (Å²) in [4.78, 5) is 11.5. The van der Waals surface area contributed by atoms with Crippen LogP contribution in [-0.2, 0) is 0 Å². The van der Waals surface area contributed by atoms with Crippen LogP contribution in [-0.4, -0.2) is 40.6 Å². The zero-order valence-electron chi connectivity index (χ0n) is 19.6. The molecule has 4 rings (SSSR count). The van der Waals surface area contributed by atoms with Crippen molar-refractivity contribution in [3.8, 4) is 5.88 Å². The summed E-state index contributed by atoms with van der Waals surface area (Å²) in [5, 5.41) is 8.43.